The van der Waals surface area contributed by atoms with Gasteiger partial charge >= 0.3 is 0 Å². The van der Waals surface area contributed by atoms with Crippen LogP contribution in [0.2, 0.25) is 0 Å². The first-order chi connectivity index (χ1) is 6.19. The number of nitrogens with zero attached hydrogens (tertiary/aromatic N) is 1. The topological polar surface area (TPSA) is 32.3 Å². The van der Waals surface area contributed by atoms with Gasteiger partial charge in [-0.15, -0.1) is 0 Å². The van der Waals surface area contributed by atoms with Crippen LogP contribution in [0.15, 0.2) is 0 Å². The van der Waals surface area contributed by atoms with Crippen molar-refractivity contribution in [3.05, 3.63) is 0 Å². The molecule has 3 heteroatoms. The number of amides is 1. The fourth-order valence-electron chi connectivity index (χ4n) is 1.75. The third kappa shape index (κ3) is 2.44. The zero-order valence-corrected chi connectivity index (χ0v) is 8.84. The lowest BCUT2D eigenvalue weighted by atomic mass is 10.0. The Balaban J connectivity index is 2.46. The van der Waals surface area contributed by atoms with E-state index in [9.17, 15) is 4.79 Å². The maximum atomic E-state index is 11.4. The van der Waals surface area contributed by atoms with Crippen LogP contribution in [-0.4, -0.2) is 30.1 Å². The van der Waals surface area contributed by atoms with E-state index in [-0.39, 0.29) is 12.1 Å². The largest absolute Gasteiger partial charge is 0.326 e. The lowest BCUT2D eigenvalue weighted by Gasteiger charge is -2.25. The van der Waals surface area contributed by atoms with E-state index in [4.69, 9.17) is 0 Å². The van der Waals surface area contributed by atoms with E-state index in [0.717, 1.165) is 19.4 Å². The molecule has 1 aliphatic rings. The van der Waals surface area contributed by atoms with Crippen molar-refractivity contribution >= 4 is 5.91 Å². The molecule has 1 amide bonds. The molecule has 0 bridgehead atoms. The summed E-state index contributed by atoms with van der Waals surface area (Å²) < 4.78 is 0. The lowest BCUT2D eigenvalue weighted by molar-refractivity contribution is -0.128. The Kier molecular flexibility index (Phi) is 3.72. The molecule has 1 atom stereocenters. The number of rotatable bonds is 4. The van der Waals surface area contributed by atoms with Gasteiger partial charge in [-0.25, -0.2) is 0 Å². The Morgan fingerprint density at radius 3 is 2.54 bits per heavy atom. The SMILES string of the molecule is CCC(CC)CN1C(=O)CNC1C. The summed E-state index contributed by atoms with van der Waals surface area (Å²) in [5.41, 5.74) is 0. The van der Waals surface area contributed by atoms with Crippen LogP contribution < -0.4 is 5.32 Å². The van der Waals surface area contributed by atoms with Crippen molar-refractivity contribution in [3.63, 3.8) is 0 Å². The van der Waals surface area contributed by atoms with Crippen molar-refractivity contribution in [2.75, 3.05) is 13.1 Å². The molecule has 1 aliphatic heterocycles. The molecule has 0 aromatic heterocycles. The molecule has 1 fully saturated rings. The first kappa shape index (κ1) is 10.5. The van der Waals surface area contributed by atoms with Gasteiger partial charge in [0.15, 0.2) is 0 Å². The molecule has 1 N–H and O–H groups in total. The average molecular weight is 184 g/mol. The summed E-state index contributed by atoms with van der Waals surface area (Å²) in [4.78, 5) is 13.4. The highest BCUT2D eigenvalue weighted by atomic mass is 16.2. The Bertz CT molecular complexity index is 178. The van der Waals surface area contributed by atoms with Crippen LogP contribution in [0.25, 0.3) is 0 Å². The van der Waals surface area contributed by atoms with Crippen LogP contribution in [0.4, 0.5) is 0 Å². The summed E-state index contributed by atoms with van der Waals surface area (Å²) in [6, 6.07) is 0. The van der Waals surface area contributed by atoms with Gasteiger partial charge in [-0.3, -0.25) is 10.1 Å². The smallest absolute Gasteiger partial charge is 0.237 e. The highest BCUT2D eigenvalue weighted by molar-refractivity contribution is 5.80. The van der Waals surface area contributed by atoms with Crippen molar-refractivity contribution in [3.8, 4) is 0 Å². The normalized spacial score (nSPS) is 23.2. The first-order valence-corrected chi connectivity index (χ1v) is 5.21. The van der Waals surface area contributed by atoms with Gasteiger partial charge in [0.05, 0.1) is 12.7 Å². The summed E-state index contributed by atoms with van der Waals surface area (Å²) >= 11 is 0. The zero-order chi connectivity index (χ0) is 9.84. The molecule has 0 aromatic rings. The van der Waals surface area contributed by atoms with Crippen LogP contribution >= 0.6 is 0 Å². The maximum Gasteiger partial charge on any atom is 0.237 e. The van der Waals surface area contributed by atoms with Gasteiger partial charge in [0.25, 0.3) is 0 Å². The molecule has 0 aromatic carbocycles. The number of carbonyl (C=O) groups excluding carboxylic acids is 1. The van der Waals surface area contributed by atoms with Crippen molar-refractivity contribution in [2.45, 2.75) is 39.8 Å². The Labute approximate surface area is 80.5 Å². The minimum absolute atomic E-state index is 0.230. The molecule has 13 heavy (non-hydrogen) atoms. The molecule has 76 valence electrons. The van der Waals surface area contributed by atoms with Crippen LogP contribution in [0.5, 0.6) is 0 Å². The summed E-state index contributed by atoms with van der Waals surface area (Å²) in [6.07, 6.45) is 2.55. The molecular weight excluding hydrogens is 164 g/mol. The minimum atomic E-state index is 0.230. The van der Waals surface area contributed by atoms with Gasteiger partial charge < -0.3 is 4.90 Å². The summed E-state index contributed by atoms with van der Waals surface area (Å²) in [5, 5.41) is 3.15. The van der Waals surface area contributed by atoms with Crippen LogP contribution in [0.3, 0.4) is 0 Å². The van der Waals surface area contributed by atoms with Crippen molar-refractivity contribution < 1.29 is 4.79 Å². The second kappa shape index (κ2) is 4.61. The van der Waals surface area contributed by atoms with E-state index in [1.807, 2.05) is 11.8 Å². The third-order valence-electron chi connectivity index (χ3n) is 2.95. The number of nitrogens with one attached hydrogen (secondary N) is 1. The number of hydrogen-bond donors (Lipinski definition) is 1. The van der Waals surface area contributed by atoms with Crippen molar-refractivity contribution in [1.82, 2.24) is 10.2 Å². The van der Waals surface area contributed by atoms with Gasteiger partial charge in [0.2, 0.25) is 5.91 Å². The third-order valence-corrected chi connectivity index (χ3v) is 2.95. The van der Waals surface area contributed by atoms with Crippen LogP contribution in [0.1, 0.15) is 33.6 Å². The van der Waals surface area contributed by atoms with E-state index >= 15 is 0 Å². The Morgan fingerprint density at radius 2 is 2.15 bits per heavy atom. The Morgan fingerprint density at radius 1 is 1.54 bits per heavy atom. The Hall–Kier alpha value is -0.570. The second-order valence-corrected chi connectivity index (χ2v) is 3.79. The molecular formula is C10H20N2O. The molecule has 1 heterocycles. The van der Waals surface area contributed by atoms with Gasteiger partial charge in [-0.1, -0.05) is 26.7 Å². The molecule has 1 saturated heterocycles. The molecule has 0 radical (unpaired) electrons. The van der Waals surface area contributed by atoms with E-state index < -0.39 is 0 Å². The molecule has 1 unspecified atom stereocenters. The predicted molar refractivity (Wildman–Crippen MR) is 53.2 cm³/mol. The predicted octanol–water partition coefficient (Wildman–Crippen LogP) is 1.20. The highest BCUT2D eigenvalue weighted by Crippen LogP contribution is 2.13. The van der Waals surface area contributed by atoms with E-state index in [0.29, 0.717) is 12.5 Å². The molecule has 1 rings (SSSR count). The second-order valence-electron chi connectivity index (χ2n) is 3.79. The van der Waals surface area contributed by atoms with Crippen molar-refractivity contribution in [1.29, 1.82) is 0 Å². The number of carbonyl (C=O) groups is 1. The quantitative estimate of drug-likeness (QED) is 0.712. The minimum Gasteiger partial charge on any atom is -0.326 e. The zero-order valence-electron chi connectivity index (χ0n) is 8.84. The highest BCUT2D eigenvalue weighted by Gasteiger charge is 2.27. The van der Waals surface area contributed by atoms with E-state index in [1.165, 1.54) is 0 Å². The fourth-order valence-corrected chi connectivity index (χ4v) is 1.75. The fraction of sp³-hybridized carbons (Fsp3) is 0.900. The monoisotopic (exact) mass is 184 g/mol. The molecule has 0 saturated carbocycles. The van der Waals surface area contributed by atoms with E-state index in [1.54, 1.807) is 0 Å². The number of hydrogen-bond acceptors (Lipinski definition) is 2. The van der Waals surface area contributed by atoms with E-state index in [2.05, 4.69) is 19.2 Å². The van der Waals surface area contributed by atoms with Crippen LogP contribution in [0, 0.1) is 5.92 Å². The molecule has 0 aliphatic carbocycles. The van der Waals surface area contributed by atoms with Gasteiger partial charge in [0, 0.05) is 6.54 Å². The lowest BCUT2D eigenvalue weighted by Crippen LogP contribution is -2.38. The van der Waals surface area contributed by atoms with Gasteiger partial charge in [0.1, 0.15) is 0 Å². The summed E-state index contributed by atoms with van der Waals surface area (Å²) in [6.45, 7) is 7.86. The van der Waals surface area contributed by atoms with Gasteiger partial charge in [-0.05, 0) is 12.8 Å². The summed E-state index contributed by atoms with van der Waals surface area (Å²) in [7, 11) is 0. The molecule has 3 nitrogen and oxygen atoms in total. The molecule has 0 spiro atoms. The first-order valence-electron chi connectivity index (χ1n) is 5.21. The van der Waals surface area contributed by atoms with Crippen LogP contribution in [-0.2, 0) is 4.79 Å². The standard InChI is InChI=1S/C10H20N2O/c1-4-9(5-2)7-12-8(3)11-6-10(12)13/h8-9,11H,4-7H2,1-3H3. The van der Waals surface area contributed by atoms with Crippen molar-refractivity contribution in [2.24, 2.45) is 5.92 Å². The summed E-state index contributed by atoms with van der Waals surface area (Å²) in [5.74, 6) is 0.908. The average Bonchev–Trinajstić information content (AvgIpc) is 2.44. The van der Waals surface area contributed by atoms with Gasteiger partial charge in [-0.2, -0.15) is 0 Å². The maximum absolute atomic E-state index is 11.4.